The molecule has 1 saturated heterocycles. The molecule has 19 heavy (non-hydrogen) atoms. The lowest BCUT2D eigenvalue weighted by Gasteiger charge is -2.12. The normalized spacial score (nSPS) is 25.9. The van der Waals surface area contributed by atoms with Crippen molar-refractivity contribution in [2.45, 2.75) is 37.9 Å². The van der Waals surface area contributed by atoms with Crippen molar-refractivity contribution in [1.29, 1.82) is 0 Å². The zero-order valence-corrected chi connectivity index (χ0v) is 10.6. The van der Waals surface area contributed by atoms with Crippen LogP contribution in [0.15, 0.2) is 0 Å². The number of carbonyl (C=O) groups excluding carboxylic acids is 2. The zero-order valence-electron chi connectivity index (χ0n) is 10.6. The molecule has 0 radical (unpaired) electrons. The van der Waals surface area contributed by atoms with Crippen LogP contribution in [0.4, 0.5) is 0 Å². The minimum Gasteiger partial charge on any atom is -0.479 e. The van der Waals surface area contributed by atoms with Gasteiger partial charge in [-0.05, 0) is 25.7 Å². The van der Waals surface area contributed by atoms with Crippen LogP contribution in [0.25, 0.3) is 0 Å². The first-order valence-corrected chi connectivity index (χ1v) is 6.51. The SMILES string of the molecule is O=C(NCCNC(=O)C1CCC(C(=O)O)O1)C1CC1. The molecule has 3 N–H and O–H groups in total. The highest BCUT2D eigenvalue weighted by atomic mass is 16.5. The predicted octanol–water partition coefficient (Wildman–Crippen LogP) is -0.739. The third kappa shape index (κ3) is 3.92. The number of amides is 2. The Morgan fingerprint density at radius 1 is 0.947 bits per heavy atom. The van der Waals surface area contributed by atoms with E-state index in [0.717, 1.165) is 12.8 Å². The summed E-state index contributed by atoms with van der Waals surface area (Å²) in [5, 5.41) is 14.1. The van der Waals surface area contributed by atoms with E-state index in [1.54, 1.807) is 0 Å². The van der Waals surface area contributed by atoms with E-state index in [0.29, 0.717) is 25.9 Å². The average Bonchev–Trinajstić information content (AvgIpc) is 3.10. The van der Waals surface area contributed by atoms with E-state index in [2.05, 4.69) is 10.6 Å². The minimum atomic E-state index is -1.04. The first-order valence-electron chi connectivity index (χ1n) is 6.51. The molecule has 2 aliphatic rings. The highest BCUT2D eigenvalue weighted by Gasteiger charge is 2.34. The van der Waals surface area contributed by atoms with Crippen LogP contribution >= 0.6 is 0 Å². The maximum absolute atomic E-state index is 11.7. The summed E-state index contributed by atoms with van der Waals surface area (Å²) in [6.07, 6.45) is 1.09. The Kier molecular flexibility index (Phi) is 4.36. The van der Waals surface area contributed by atoms with Gasteiger partial charge in [0, 0.05) is 19.0 Å². The van der Waals surface area contributed by atoms with Crippen LogP contribution in [0.1, 0.15) is 25.7 Å². The summed E-state index contributed by atoms with van der Waals surface area (Å²) in [7, 11) is 0. The lowest BCUT2D eigenvalue weighted by atomic mass is 10.2. The van der Waals surface area contributed by atoms with Crippen molar-refractivity contribution in [3.05, 3.63) is 0 Å². The molecule has 2 atom stereocenters. The Balaban J connectivity index is 1.59. The monoisotopic (exact) mass is 270 g/mol. The largest absolute Gasteiger partial charge is 0.479 e. The van der Waals surface area contributed by atoms with E-state index >= 15 is 0 Å². The Hall–Kier alpha value is -1.63. The molecule has 2 rings (SSSR count). The Bertz CT molecular complexity index is 380. The van der Waals surface area contributed by atoms with Gasteiger partial charge in [-0.15, -0.1) is 0 Å². The third-order valence-corrected chi connectivity index (χ3v) is 3.26. The summed E-state index contributed by atoms with van der Waals surface area (Å²) in [5.74, 6) is -1.15. The second-order valence-electron chi connectivity index (χ2n) is 4.89. The van der Waals surface area contributed by atoms with Crippen molar-refractivity contribution in [3.63, 3.8) is 0 Å². The molecule has 2 fully saturated rings. The van der Waals surface area contributed by atoms with Gasteiger partial charge in [-0.1, -0.05) is 0 Å². The van der Waals surface area contributed by atoms with Gasteiger partial charge < -0.3 is 20.5 Å². The zero-order chi connectivity index (χ0) is 13.8. The average molecular weight is 270 g/mol. The van der Waals surface area contributed by atoms with Crippen LogP contribution in [0.5, 0.6) is 0 Å². The number of ether oxygens (including phenoxy) is 1. The topological polar surface area (TPSA) is 105 Å². The van der Waals surface area contributed by atoms with Crippen LogP contribution in [0.3, 0.4) is 0 Å². The molecule has 0 aromatic heterocycles. The van der Waals surface area contributed by atoms with Crippen molar-refractivity contribution in [3.8, 4) is 0 Å². The fraction of sp³-hybridized carbons (Fsp3) is 0.750. The van der Waals surface area contributed by atoms with E-state index in [1.165, 1.54) is 0 Å². The lowest BCUT2D eigenvalue weighted by molar-refractivity contribution is -0.151. The van der Waals surface area contributed by atoms with Crippen LogP contribution in [0.2, 0.25) is 0 Å². The summed E-state index contributed by atoms with van der Waals surface area (Å²) in [4.78, 5) is 33.6. The van der Waals surface area contributed by atoms with Gasteiger partial charge in [0.05, 0.1) is 0 Å². The van der Waals surface area contributed by atoms with Gasteiger partial charge in [0.15, 0.2) is 6.10 Å². The number of aliphatic carboxylic acids is 1. The molecule has 106 valence electrons. The van der Waals surface area contributed by atoms with Crippen LogP contribution in [-0.2, 0) is 19.1 Å². The van der Waals surface area contributed by atoms with Gasteiger partial charge in [-0.25, -0.2) is 4.79 Å². The first kappa shape index (κ1) is 13.8. The maximum atomic E-state index is 11.7. The molecule has 1 heterocycles. The van der Waals surface area contributed by atoms with Crippen molar-refractivity contribution >= 4 is 17.8 Å². The Morgan fingerprint density at radius 2 is 1.53 bits per heavy atom. The molecule has 0 aromatic rings. The predicted molar refractivity (Wildman–Crippen MR) is 64.3 cm³/mol. The van der Waals surface area contributed by atoms with Crippen molar-refractivity contribution in [2.24, 2.45) is 5.92 Å². The second-order valence-corrected chi connectivity index (χ2v) is 4.89. The molecule has 0 aromatic carbocycles. The minimum absolute atomic E-state index is 0.0392. The van der Waals surface area contributed by atoms with E-state index in [1.807, 2.05) is 0 Å². The van der Waals surface area contributed by atoms with Gasteiger partial charge in [0.2, 0.25) is 11.8 Å². The highest BCUT2D eigenvalue weighted by molar-refractivity contribution is 5.83. The second kappa shape index (κ2) is 6.01. The number of carboxylic acid groups (broad SMARTS) is 1. The molecule has 2 amide bonds. The quantitative estimate of drug-likeness (QED) is 0.551. The van der Waals surface area contributed by atoms with E-state index in [4.69, 9.17) is 9.84 Å². The van der Waals surface area contributed by atoms with E-state index < -0.39 is 18.2 Å². The van der Waals surface area contributed by atoms with Gasteiger partial charge in [-0.2, -0.15) is 0 Å². The number of hydrogen-bond acceptors (Lipinski definition) is 4. The molecule has 7 heteroatoms. The van der Waals surface area contributed by atoms with Gasteiger partial charge in [0.1, 0.15) is 6.10 Å². The molecule has 2 unspecified atom stereocenters. The lowest BCUT2D eigenvalue weighted by Crippen LogP contribution is -2.40. The number of nitrogens with one attached hydrogen (secondary N) is 2. The Labute approximate surface area is 110 Å². The summed E-state index contributed by atoms with van der Waals surface area (Å²) < 4.78 is 5.11. The summed E-state index contributed by atoms with van der Waals surface area (Å²) >= 11 is 0. The molecule has 1 aliphatic heterocycles. The molecule has 1 saturated carbocycles. The smallest absolute Gasteiger partial charge is 0.332 e. The third-order valence-electron chi connectivity index (χ3n) is 3.26. The molecule has 0 bridgehead atoms. The van der Waals surface area contributed by atoms with Gasteiger partial charge in [0.25, 0.3) is 0 Å². The summed E-state index contributed by atoms with van der Waals surface area (Å²) in [6, 6.07) is 0. The van der Waals surface area contributed by atoms with E-state index in [-0.39, 0.29) is 17.7 Å². The molecular weight excluding hydrogens is 252 g/mol. The van der Waals surface area contributed by atoms with Crippen LogP contribution < -0.4 is 10.6 Å². The molecule has 1 aliphatic carbocycles. The fourth-order valence-electron chi connectivity index (χ4n) is 1.99. The van der Waals surface area contributed by atoms with Gasteiger partial charge >= 0.3 is 5.97 Å². The van der Waals surface area contributed by atoms with Gasteiger partial charge in [-0.3, -0.25) is 9.59 Å². The summed E-state index contributed by atoms with van der Waals surface area (Å²) in [6.45, 7) is 0.713. The molecular formula is C12H18N2O5. The molecule has 0 spiro atoms. The maximum Gasteiger partial charge on any atom is 0.332 e. The number of hydrogen-bond donors (Lipinski definition) is 3. The fourth-order valence-corrected chi connectivity index (χ4v) is 1.99. The van der Waals surface area contributed by atoms with E-state index in [9.17, 15) is 14.4 Å². The summed E-state index contributed by atoms with van der Waals surface area (Å²) in [5.41, 5.74) is 0. The Morgan fingerprint density at radius 3 is 2.05 bits per heavy atom. The van der Waals surface area contributed by atoms with Crippen molar-refractivity contribution in [2.75, 3.05) is 13.1 Å². The number of carbonyl (C=O) groups is 3. The first-order chi connectivity index (χ1) is 9.08. The number of carboxylic acids is 1. The molecule has 7 nitrogen and oxygen atoms in total. The van der Waals surface area contributed by atoms with Crippen LogP contribution in [0, 0.1) is 5.92 Å². The van der Waals surface area contributed by atoms with Crippen molar-refractivity contribution < 1.29 is 24.2 Å². The highest BCUT2D eigenvalue weighted by Crippen LogP contribution is 2.28. The number of rotatable bonds is 6. The van der Waals surface area contributed by atoms with Crippen molar-refractivity contribution in [1.82, 2.24) is 10.6 Å². The van der Waals surface area contributed by atoms with Crippen LogP contribution in [-0.4, -0.2) is 48.2 Å². The standard InChI is InChI=1S/C12H18N2O5/c15-10(7-1-2-7)13-5-6-14-11(16)8-3-4-9(19-8)12(17)18/h7-9H,1-6H2,(H,13,15)(H,14,16)(H,17,18).